The van der Waals surface area contributed by atoms with Gasteiger partial charge in [0.15, 0.2) is 5.16 Å². The number of nitrogens with zero attached hydrogens (tertiary/aromatic N) is 3. The van der Waals surface area contributed by atoms with Crippen molar-refractivity contribution in [2.24, 2.45) is 7.05 Å². The predicted molar refractivity (Wildman–Crippen MR) is 65.8 cm³/mol. The molecule has 6 heteroatoms. The summed E-state index contributed by atoms with van der Waals surface area (Å²) in [6.45, 7) is 5.76. The van der Waals surface area contributed by atoms with Gasteiger partial charge in [0.2, 0.25) is 0 Å². The number of thioether (sulfide) groups is 1. The Labute approximate surface area is 101 Å². The number of aryl methyl sites for hydroxylation is 1. The van der Waals surface area contributed by atoms with E-state index >= 15 is 0 Å². The van der Waals surface area contributed by atoms with Gasteiger partial charge in [0.1, 0.15) is 5.82 Å². The molecule has 0 aliphatic rings. The summed E-state index contributed by atoms with van der Waals surface area (Å²) in [6.07, 6.45) is 0. The normalized spacial score (nSPS) is 13.0. The Morgan fingerprint density at radius 2 is 2.25 bits per heavy atom. The first kappa shape index (κ1) is 13.5. The fourth-order valence-corrected chi connectivity index (χ4v) is 2.10. The molecule has 0 aliphatic carbocycles. The summed E-state index contributed by atoms with van der Waals surface area (Å²) >= 11 is 1.71. The van der Waals surface area contributed by atoms with Crippen LogP contribution in [0.15, 0.2) is 5.16 Å². The van der Waals surface area contributed by atoms with E-state index in [1.165, 1.54) is 0 Å². The van der Waals surface area contributed by atoms with Gasteiger partial charge in [-0.2, -0.15) is 0 Å². The van der Waals surface area contributed by atoms with Gasteiger partial charge < -0.3 is 14.6 Å². The zero-order valence-corrected chi connectivity index (χ0v) is 11.2. The van der Waals surface area contributed by atoms with Crippen molar-refractivity contribution in [2.75, 3.05) is 26.0 Å². The van der Waals surface area contributed by atoms with E-state index in [0.29, 0.717) is 6.04 Å². The van der Waals surface area contributed by atoms with Crippen molar-refractivity contribution in [3.63, 3.8) is 0 Å². The van der Waals surface area contributed by atoms with E-state index in [2.05, 4.69) is 22.4 Å². The molecule has 1 aromatic rings. The van der Waals surface area contributed by atoms with Crippen LogP contribution in [0.2, 0.25) is 0 Å². The maximum absolute atomic E-state index is 5.05. The topological polar surface area (TPSA) is 52.0 Å². The molecule has 0 aromatic carbocycles. The number of rotatable bonds is 7. The highest BCUT2D eigenvalue weighted by atomic mass is 32.2. The van der Waals surface area contributed by atoms with Crippen LogP contribution in [-0.2, 0) is 11.8 Å². The van der Waals surface area contributed by atoms with Crippen LogP contribution >= 0.6 is 11.8 Å². The lowest BCUT2D eigenvalue weighted by Gasteiger charge is -2.11. The Morgan fingerprint density at radius 1 is 1.50 bits per heavy atom. The molecular formula is C10H20N4OS. The molecule has 1 atom stereocenters. The summed E-state index contributed by atoms with van der Waals surface area (Å²) < 4.78 is 7.05. The Kier molecular flexibility index (Phi) is 5.79. The standard InChI is InChI=1S/C10H20N4OS/c1-8(7-15-4)11-5-6-16-10-13-12-9(2)14(10)3/h8,11H,5-7H2,1-4H3. The van der Waals surface area contributed by atoms with Crippen LogP contribution in [0, 0.1) is 6.92 Å². The quantitative estimate of drug-likeness (QED) is 0.569. The fourth-order valence-electron chi connectivity index (χ4n) is 1.27. The van der Waals surface area contributed by atoms with Gasteiger partial charge in [0.05, 0.1) is 6.61 Å². The number of nitrogens with one attached hydrogen (secondary N) is 1. The predicted octanol–water partition coefficient (Wildman–Crippen LogP) is 0.840. The van der Waals surface area contributed by atoms with Crippen molar-refractivity contribution in [1.82, 2.24) is 20.1 Å². The second-order valence-corrected chi connectivity index (χ2v) is 4.81. The van der Waals surface area contributed by atoms with Gasteiger partial charge in [-0.1, -0.05) is 11.8 Å². The molecule has 0 saturated carbocycles. The maximum Gasteiger partial charge on any atom is 0.190 e. The van der Waals surface area contributed by atoms with Crippen LogP contribution in [-0.4, -0.2) is 46.8 Å². The van der Waals surface area contributed by atoms with Gasteiger partial charge >= 0.3 is 0 Å². The maximum atomic E-state index is 5.05. The first-order valence-corrected chi connectivity index (χ1v) is 6.34. The summed E-state index contributed by atoms with van der Waals surface area (Å²) in [4.78, 5) is 0. The van der Waals surface area contributed by atoms with Crippen LogP contribution in [0.3, 0.4) is 0 Å². The first-order chi connectivity index (χ1) is 7.65. The largest absolute Gasteiger partial charge is 0.383 e. The fraction of sp³-hybridized carbons (Fsp3) is 0.800. The summed E-state index contributed by atoms with van der Waals surface area (Å²) in [5.74, 6) is 1.93. The average molecular weight is 244 g/mol. The Balaban J connectivity index is 2.18. The lowest BCUT2D eigenvalue weighted by Crippen LogP contribution is -2.31. The Morgan fingerprint density at radius 3 is 2.81 bits per heavy atom. The second-order valence-electron chi connectivity index (χ2n) is 3.75. The molecule has 0 spiro atoms. The zero-order valence-electron chi connectivity index (χ0n) is 10.4. The highest BCUT2D eigenvalue weighted by Crippen LogP contribution is 2.13. The van der Waals surface area contributed by atoms with Crippen molar-refractivity contribution in [3.05, 3.63) is 5.82 Å². The Hall–Kier alpha value is -0.590. The number of methoxy groups -OCH3 is 1. The zero-order chi connectivity index (χ0) is 12.0. The lowest BCUT2D eigenvalue weighted by molar-refractivity contribution is 0.173. The molecule has 92 valence electrons. The molecule has 0 amide bonds. The van der Waals surface area contributed by atoms with Gasteiger partial charge in [0, 0.05) is 32.5 Å². The number of ether oxygens (including phenoxy) is 1. The summed E-state index contributed by atoms with van der Waals surface area (Å²) in [6, 6.07) is 0.395. The minimum atomic E-state index is 0.395. The van der Waals surface area contributed by atoms with E-state index in [1.54, 1.807) is 18.9 Å². The molecule has 5 nitrogen and oxygen atoms in total. The van der Waals surface area contributed by atoms with Crippen LogP contribution < -0.4 is 5.32 Å². The summed E-state index contributed by atoms with van der Waals surface area (Å²) in [5.41, 5.74) is 0. The summed E-state index contributed by atoms with van der Waals surface area (Å²) in [7, 11) is 3.70. The van der Waals surface area contributed by atoms with Gasteiger partial charge in [-0.3, -0.25) is 0 Å². The molecule has 1 heterocycles. The third-order valence-corrected chi connectivity index (χ3v) is 3.32. The van der Waals surface area contributed by atoms with Crippen LogP contribution in [0.5, 0.6) is 0 Å². The van der Waals surface area contributed by atoms with E-state index < -0.39 is 0 Å². The number of aromatic nitrogens is 3. The molecule has 1 aromatic heterocycles. The monoisotopic (exact) mass is 244 g/mol. The van der Waals surface area contributed by atoms with E-state index in [-0.39, 0.29) is 0 Å². The van der Waals surface area contributed by atoms with Crippen molar-refractivity contribution in [3.8, 4) is 0 Å². The third-order valence-electron chi connectivity index (χ3n) is 2.30. The van der Waals surface area contributed by atoms with E-state index in [9.17, 15) is 0 Å². The molecular weight excluding hydrogens is 224 g/mol. The van der Waals surface area contributed by atoms with Crippen molar-refractivity contribution < 1.29 is 4.74 Å². The van der Waals surface area contributed by atoms with E-state index in [1.807, 2.05) is 18.5 Å². The smallest absolute Gasteiger partial charge is 0.190 e. The minimum Gasteiger partial charge on any atom is -0.383 e. The number of hydrogen-bond acceptors (Lipinski definition) is 5. The van der Waals surface area contributed by atoms with Gasteiger partial charge in [-0.15, -0.1) is 10.2 Å². The van der Waals surface area contributed by atoms with Crippen LogP contribution in [0.25, 0.3) is 0 Å². The number of hydrogen-bond donors (Lipinski definition) is 1. The Bertz CT molecular complexity index is 316. The molecule has 16 heavy (non-hydrogen) atoms. The molecule has 1 unspecified atom stereocenters. The van der Waals surface area contributed by atoms with Gasteiger partial charge in [-0.25, -0.2) is 0 Å². The average Bonchev–Trinajstić information content (AvgIpc) is 2.56. The minimum absolute atomic E-state index is 0.395. The second kappa shape index (κ2) is 6.88. The van der Waals surface area contributed by atoms with Crippen molar-refractivity contribution in [1.29, 1.82) is 0 Å². The van der Waals surface area contributed by atoms with Crippen LogP contribution in [0.1, 0.15) is 12.7 Å². The highest BCUT2D eigenvalue weighted by Gasteiger charge is 2.05. The highest BCUT2D eigenvalue weighted by molar-refractivity contribution is 7.99. The molecule has 0 bridgehead atoms. The molecule has 1 N–H and O–H groups in total. The summed E-state index contributed by atoms with van der Waals surface area (Å²) in [5, 5.41) is 12.5. The molecule has 0 saturated heterocycles. The van der Waals surface area contributed by atoms with Gasteiger partial charge in [0.25, 0.3) is 0 Å². The third kappa shape index (κ3) is 4.11. The first-order valence-electron chi connectivity index (χ1n) is 5.36. The molecule has 0 fully saturated rings. The van der Waals surface area contributed by atoms with Crippen LogP contribution in [0.4, 0.5) is 0 Å². The van der Waals surface area contributed by atoms with Crippen molar-refractivity contribution >= 4 is 11.8 Å². The van der Waals surface area contributed by atoms with E-state index in [4.69, 9.17) is 4.74 Å². The molecule has 0 radical (unpaired) electrons. The van der Waals surface area contributed by atoms with Gasteiger partial charge in [-0.05, 0) is 13.8 Å². The van der Waals surface area contributed by atoms with E-state index in [0.717, 1.165) is 29.9 Å². The SMILES string of the molecule is COCC(C)NCCSc1nnc(C)n1C. The molecule has 1 rings (SSSR count). The lowest BCUT2D eigenvalue weighted by atomic mass is 10.4. The van der Waals surface area contributed by atoms with Crippen molar-refractivity contribution in [2.45, 2.75) is 25.0 Å². The molecule has 0 aliphatic heterocycles.